The number of H-pyrrole nitrogens is 1. The van der Waals surface area contributed by atoms with E-state index in [1.54, 1.807) is 37.3 Å². The molecule has 1 amide bonds. The zero-order valence-electron chi connectivity index (χ0n) is 18.1. The lowest BCUT2D eigenvalue weighted by atomic mass is 10.0. The summed E-state index contributed by atoms with van der Waals surface area (Å²) in [4.78, 5) is 38.3. The molecule has 1 aromatic heterocycles. The number of nitro benzene ring substituents is 1. The number of hydrazone groups is 1. The van der Waals surface area contributed by atoms with Crippen LogP contribution in [0.15, 0.2) is 59.2 Å². The normalized spacial score (nSPS) is 14.6. The quantitative estimate of drug-likeness (QED) is 0.334. The van der Waals surface area contributed by atoms with Gasteiger partial charge in [-0.3, -0.25) is 14.9 Å². The largest absolute Gasteiger partial charge is 0.478 e. The zero-order chi connectivity index (χ0) is 23.9. The number of hydrogen-bond donors (Lipinski definition) is 2. The number of benzene rings is 2. The van der Waals surface area contributed by atoms with Gasteiger partial charge in [-0.05, 0) is 80.4 Å². The summed E-state index contributed by atoms with van der Waals surface area (Å²) >= 11 is 0. The summed E-state index contributed by atoms with van der Waals surface area (Å²) in [6.07, 6.45) is 1.64. The zero-order valence-corrected chi connectivity index (χ0v) is 18.1. The second-order valence-corrected chi connectivity index (χ2v) is 7.75. The summed E-state index contributed by atoms with van der Waals surface area (Å²) in [6.45, 7) is 5.42. The number of carbonyl (C=O) groups is 2. The molecule has 1 aliphatic rings. The van der Waals surface area contributed by atoms with Gasteiger partial charge in [0.25, 0.3) is 11.6 Å². The fourth-order valence-corrected chi connectivity index (χ4v) is 3.58. The first-order chi connectivity index (χ1) is 15.7. The van der Waals surface area contributed by atoms with E-state index in [0.29, 0.717) is 33.9 Å². The fraction of sp³-hybridized carbons (Fsp3) is 0.125. The van der Waals surface area contributed by atoms with E-state index in [4.69, 9.17) is 5.11 Å². The van der Waals surface area contributed by atoms with Crippen molar-refractivity contribution in [2.45, 2.75) is 20.8 Å². The molecule has 0 saturated heterocycles. The molecule has 0 fully saturated rings. The number of carbonyl (C=O) groups excluding carboxylic acids is 1. The Balaban J connectivity index is 1.65. The number of nitrogens with one attached hydrogen (secondary N) is 1. The van der Waals surface area contributed by atoms with Crippen molar-refractivity contribution in [1.29, 1.82) is 0 Å². The Labute approximate surface area is 188 Å². The number of aromatic carboxylic acids is 1. The van der Waals surface area contributed by atoms with Gasteiger partial charge in [-0.1, -0.05) is 0 Å². The van der Waals surface area contributed by atoms with Gasteiger partial charge in [0.15, 0.2) is 0 Å². The van der Waals surface area contributed by atoms with Crippen molar-refractivity contribution in [1.82, 2.24) is 4.98 Å². The first kappa shape index (κ1) is 21.7. The molecule has 2 aromatic carbocycles. The van der Waals surface area contributed by atoms with Crippen molar-refractivity contribution in [3.05, 3.63) is 86.6 Å². The first-order valence-corrected chi connectivity index (χ1v) is 10.1. The standard InChI is InChI=1S/C24H20N4O5/c1-13-10-20(22(28(32)33)11-14(13)2)21-9-6-17(25-21)12-19-15(3)26-27(23(19)29)18-7-4-16(5-8-18)24(30)31/h4-12,25H,1-3H3,(H,30,31)/b19-12-. The van der Waals surface area contributed by atoms with E-state index >= 15 is 0 Å². The van der Waals surface area contributed by atoms with E-state index < -0.39 is 10.9 Å². The van der Waals surface area contributed by atoms with E-state index in [-0.39, 0.29) is 17.2 Å². The van der Waals surface area contributed by atoms with Crippen molar-refractivity contribution in [3.8, 4) is 11.3 Å². The van der Waals surface area contributed by atoms with Gasteiger partial charge in [-0.15, -0.1) is 0 Å². The average Bonchev–Trinajstić information content (AvgIpc) is 3.35. The third kappa shape index (κ3) is 4.03. The van der Waals surface area contributed by atoms with Crippen LogP contribution in [-0.4, -0.2) is 32.6 Å². The molecule has 4 rings (SSSR count). The molecule has 0 atom stereocenters. The molecule has 9 nitrogen and oxygen atoms in total. The van der Waals surface area contributed by atoms with Crippen molar-refractivity contribution in [2.24, 2.45) is 5.10 Å². The summed E-state index contributed by atoms with van der Waals surface area (Å²) in [5.41, 5.74) is 4.82. The van der Waals surface area contributed by atoms with E-state index in [2.05, 4.69) is 10.1 Å². The predicted molar refractivity (Wildman–Crippen MR) is 124 cm³/mol. The van der Waals surface area contributed by atoms with E-state index in [0.717, 1.165) is 11.1 Å². The Morgan fingerprint density at radius 1 is 1.09 bits per heavy atom. The highest BCUT2D eigenvalue weighted by molar-refractivity contribution is 6.32. The van der Waals surface area contributed by atoms with Crippen LogP contribution in [0.2, 0.25) is 0 Å². The van der Waals surface area contributed by atoms with Crippen LogP contribution >= 0.6 is 0 Å². The molecule has 166 valence electrons. The number of aromatic nitrogens is 1. The molecule has 0 saturated carbocycles. The Bertz CT molecular complexity index is 1370. The second kappa shape index (κ2) is 8.19. The number of nitro groups is 1. The highest BCUT2D eigenvalue weighted by Gasteiger charge is 2.29. The Morgan fingerprint density at radius 2 is 1.76 bits per heavy atom. The van der Waals surface area contributed by atoms with Crippen LogP contribution in [-0.2, 0) is 4.79 Å². The van der Waals surface area contributed by atoms with Crippen molar-refractivity contribution in [2.75, 3.05) is 5.01 Å². The second-order valence-electron chi connectivity index (χ2n) is 7.75. The average molecular weight is 444 g/mol. The van der Waals surface area contributed by atoms with Gasteiger partial charge in [0.1, 0.15) is 0 Å². The van der Waals surface area contributed by atoms with Crippen LogP contribution in [0, 0.1) is 24.0 Å². The van der Waals surface area contributed by atoms with Crippen LogP contribution < -0.4 is 5.01 Å². The lowest BCUT2D eigenvalue weighted by Gasteiger charge is -2.11. The maximum atomic E-state index is 13.0. The number of amides is 1. The van der Waals surface area contributed by atoms with Gasteiger partial charge in [0.05, 0.1) is 38.7 Å². The SMILES string of the molecule is CC1=NN(c2ccc(C(=O)O)cc2)C(=O)/C1=C\c1ccc(-c2cc(C)c(C)cc2[N+](=O)[O-])[nH]1. The molecule has 1 aliphatic heterocycles. The third-order valence-corrected chi connectivity index (χ3v) is 5.53. The number of hydrogen-bond acceptors (Lipinski definition) is 5. The molecule has 0 radical (unpaired) electrons. The van der Waals surface area contributed by atoms with Crippen LogP contribution in [0.3, 0.4) is 0 Å². The topological polar surface area (TPSA) is 129 Å². The number of carboxylic acids is 1. The molecule has 9 heteroatoms. The van der Waals surface area contributed by atoms with Gasteiger partial charge in [0, 0.05) is 11.8 Å². The molecule has 0 spiro atoms. The smallest absolute Gasteiger partial charge is 0.335 e. The van der Waals surface area contributed by atoms with E-state index in [9.17, 15) is 19.7 Å². The number of rotatable bonds is 5. The third-order valence-electron chi connectivity index (χ3n) is 5.53. The van der Waals surface area contributed by atoms with Crippen molar-refractivity contribution < 1.29 is 19.6 Å². The Morgan fingerprint density at radius 3 is 2.39 bits per heavy atom. The van der Waals surface area contributed by atoms with E-state index in [1.807, 2.05) is 13.8 Å². The summed E-state index contributed by atoms with van der Waals surface area (Å²) in [5, 5.41) is 26.1. The predicted octanol–water partition coefficient (Wildman–Crippen LogP) is 4.71. The summed E-state index contributed by atoms with van der Waals surface area (Å²) in [5.74, 6) is -1.41. The first-order valence-electron chi connectivity index (χ1n) is 10.1. The Kier molecular flexibility index (Phi) is 5.39. The molecule has 2 N–H and O–H groups in total. The molecule has 3 aromatic rings. The van der Waals surface area contributed by atoms with Crippen molar-refractivity contribution in [3.63, 3.8) is 0 Å². The van der Waals surface area contributed by atoms with Crippen LogP contribution in [0.1, 0.15) is 34.1 Å². The molecular formula is C24H20N4O5. The molecule has 33 heavy (non-hydrogen) atoms. The minimum atomic E-state index is -1.05. The molecule has 0 bridgehead atoms. The van der Waals surface area contributed by atoms with Gasteiger partial charge < -0.3 is 10.1 Å². The van der Waals surface area contributed by atoms with Gasteiger partial charge in [0.2, 0.25) is 0 Å². The Hall–Kier alpha value is -4.53. The van der Waals surface area contributed by atoms with Crippen LogP contribution in [0.5, 0.6) is 0 Å². The number of anilines is 1. The number of nitrogens with zero attached hydrogens (tertiary/aromatic N) is 3. The highest BCUT2D eigenvalue weighted by Crippen LogP contribution is 2.33. The molecule has 0 aliphatic carbocycles. The number of aromatic amines is 1. The summed E-state index contributed by atoms with van der Waals surface area (Å²) in [6, 6.07) is 12.7. The molecular weight excluding hydrogens is 424 g/mol. The van der Waals surface area contributed by atoms with Gasteiger partial charge in [-0.2, -0.15) is 10.1 Å². The minimum absolute atomic E-state index is 0.00446. The lowest BCUT2D eigenvalue weighted by Crippen LogP contribution is -2.21. The summed E-state index contributed by atoms with van der Waals surface area (Å²) in [7, 11) is 0. The fourth-order valence-electron chi connectivity index (χ4n) is 3.58. The maximum absolute atomic E-state index is 13.0. The molecule has 0 unspecified atom stereocenters. The maximum Gasteiger partial charge on any atom is 0.335 e. The number of carboxylic acid groups (broad SMARTS) is 1. The lowest BCUT2D eigenvalue weighted by molar-refractivity contribution is -0.384. The number of aryl methyl sites for hydroxylation is 2. The minimum Gasteiger partial charge on any atom is -0.478 e. The van der Waals surface area contributed by atoms with E-state index in [1.165, 1.54) is 29.3 Å². The van der Waals surface area contributed by atoms with Crippen LogP contribution in [0.4, 0.5) is 11.4 Å². The highest BCUT2D eigenvalue weighted by atomic mass is 16.6. The van der Waals surface area contributed by atoms with Gasteiger partial charge >= 0.3 is 5.97 Å². The molecule has 2 heterocycles. The monoisotopic (exact) mass is 444 g/mol. The van der Waals surface area contributed by atoms with Gasteiger partial charge in [-0.25, -0.2) is 4.79 Å². The van der Waals surface area contributed by atoms with Crippen molar-refractivity contribution >= 4 is 35.0 Å². The van der Waals surface area contributed by atoms with Crippen LogP contribution in [0.25, 0.3) is 17.3 Å². The summed E-state index contributed by atoms with van der Waals surface area (Å²) < 4.78 is 0.